The normalized spacial score (nSPS) is 18.6. The molecule has 0 saturated carbocycles. The number of hydrogen-bond donors (Lipinski definition) is 1. The molecule has 0 spiro atoms. The van der Waals surface area contributed by atoms with Crippen molar-refractivity contribution in [1.82, 2.24) is 25.1 Å². The summed E-state index contributed by atoms with van der Waals surface area (Å²) in [5.74, 6) is 1.88. The number of fused-ring (bicyclic) bond motifs is 1. The second-order valence-corrected chi connectivity index (χ2v) is 7.22. The fourth-order valence-corrected chi connectivity index (χ4v) is 4.35. The first-order valence-corrected chi connectivity index (χ1v) is 8.82. The summed E-state index contributed by atoms with van der Waals surface area (Å²) in [4.78, 5) is 0.884. The van der Waals surface area contributed by atoms with Crippen molar-refractivity contribution in [2.24, 2.45) is 0 Å². The molecule has 2 aromatic heterocycles. The van der Waals surface area contributed by atoms with Crippen molar-refractivity contribution in [2.75, 3.05) is 6.54 Å². The van der Waals surface area contributed by atoms with E-state index < -0.39 is 0 Å². The number of nitrogens with zero attached hydrogens (tertiary/aromatic N) is 4. The Morgan fingerprint density at radius 3 is 3.00 bits per heavy atom. The van der Waals surface area contributed by atoms with Crippen molar-refractivity contribution in [3.8, 4) is 0 Å². The van der Waals surface area contributed by atoms with E-state index in [1.54, 1.807) is 23.1 Å². The lowest BCUT2D eigenvalue weighted by Crippen LogP contribution is -2.16. The van der Waals surface area contributed by atoms with E-state index in [0.29, 0.717) is 6.04 Å². The van der Waals surface area contributed by atoms with Gasteiger partial charge < -0.3 is 5.32 Å². The molecule has 5 nitrogen and oxygen atoms in total. The van der Waals surface area contributed by atoms with E-state index in [1.165, 1.54) is 12.0 Å². The number of rotatable bonds is 4. The molecule has 21 heavy (non-hydrogen) atoms. The maximum atomic E-state index is 4.67. The average molecular weight is 317 g/mol. The van der Waals surface area contributed by atoms with Gasteiger partial charge in [-0.05, 0) is 24.9 Å². The monoisotopic (exact) mass is 317 g/mol. The molecule has 1 saturated heterocycles. The molecule has 1 fully saturated rings. The highest BCUT2D eigenvalue weighted by Crippen LogP contribution is 2.29. The third kappa shape index (κ3) is 2.68. The lowest BCUT2D eigenvalue weighted by Gasteiger charge is -2.04. The molecule has 1 aliphatic heterocycles. The smallest absolute Gasteiger partial charge is 0.235 e. The highest BCUT2D eigenvalue weighted by atomic mass is 32.2. The molecule has 1 atom stereocenters. The van der Waals surface area contributed by atoms with Crippen LogP contribution in [0.3, 0.4) is 0 Å². The SMILES string of the molecule is c1ccc(CSc2nn3c(C4CCCN4)nnc3s2)cc1. The molecule has 0 radical (unpaired) electrons. The van der Waals surface area contributed by atoms with E-state index in [0.717, 1.165) is 33.8 Å². The minimum Gasteiger partial charge on any atom is -0.307 e. The second-order valence-electron chi connectivity index (χ2n) is 5.04. The summed E-state index contributed by atoms with van der Waals surface area (Å²) in [7, 11) is 0. The Labute approximate surface area is 130 Å². The van der Waals surface area contributed by atoms with Crippen LogP contribution in [0.15, 0.2) is 34.7 Å². The van der Waals surface area contributed by atoms with Crippen molar-refractivity contribution in [1.29, 1.82) is 0 Å². The van der Waals surface area contributed by atoms with Gasteiger partial charge in [0.15, 0.2) is 10.2 Å². The Morgan fingerprint density at radius 2 is 2.19 bits per heavy atom. The Balaban J connectivity index is 1.54. The molecular weight excluding hydrogens is 302 g/mol. The molecule has 0 bridgehead atoms. The van der Waals surface area contributed by atoms with Gasteiger partial charge in [-0.1, -0.05) is 53.4 Å². The van der Waals surface area contributed by atoms with Gasteiger partial charge in [0.05, 0.1) is 6.04 Å². The predicted octanol–water partition coefficient (Wildman–Crippen LogP) is 2.90. The molecule has 1 N–H and O–H groups in total. The molecule has 0 amide bonds. The number of benzene rings is 1. The lowest BCUT2D eigenvalue weighted by molar-refractivity contribution is 0.582. The minimum atomic E-state index is 0.300. The molecule has 7 heteroatoms. The van der Waals surface area contributed by atoms with Gasteiger partial charge in [0.1, 0.15) is 0 Å². The van der Waals surface area contributed by atoms with Crippen molar-refractivity contribution >= 4 is 28.1 Å². The Hall–Kier alpha value is -1.44. The molecule has 4 rings (SSSR count). The molecule has 0 aliphatic carbocycles. The molecule has 1 unspecified atom stereocenters. The Kier molecular flexibility index (Phi) is 3.62. The maximum Gasteiger partial charge on any atom is 0.235 e. The zero-order valence-corrected chi connectivity index (χ0v) is 13.0. The van der Waals surface area contributed by atoms with Gasteiger partial charge in [-0.3, -0.25) is 0 Å². The van der Waals surface area contributed by atoms with Crippen LogP contribution < -0.4 is 5.32 Å². The Morgan fingerprint density at radius 1 is 1.29 bits per heavy atom. The van der Waals surface area contributed by atoms with Crippen molar-refractivity contribution in [2.45, 2.75) is 29.0 Å². The van der Waals surface area contributed by atoms with E-state index in [4.69, 9.17) is 0 Å². The fraction of sp³-hybridized carbons (Fsp3) is 0.357. The van der Waals surface area contributed by atoms with Crippen LogP contribution in [0.4, 0.5) is 0 Å². The van der Waals surface area contributed by atoms with E-state index in [2.05, 4.69) is 44.9 Å². The molecule has 3 aromatic rings. The van der Waals surface area contributed by atoms with Gasteiger partial charge in [0.2, 0.25) is 4.96 Å². The summed E-state index contributed by atoms with van der Waals surface area (Å²) in [6, 6.07) is 10.8. The quantitative estimate of drug-likeness (QED) is 0.750. The Bertz CT molecular complexity index is 730. The van der Waals surface area contributed by atoms with Crippen LogP contribution in [0.1, 0.15) is 30.3 Å². The molecule has 1 aromatic carbocycles. The van der Waals surface area contributed by atoms with E-state index in [-0.39, 0.29) is 0 Å². The second kappa shape index (κ2) is 5.75. The number of nitrogens with one attached hydrogen (secondary N) is 1. The van der Waals surface area contributed by atoms with Gasteiger partial charge in [0.25, 0.3) is 0 Å². The highest BCUT2D eigenvalue weighted by molar-refractivity contribution is 8.00. The molecular formula is C14H15N5S2. The van der Waals surface area contributed by atoms with Gasteiger partial charge in [0, 0.05) is 5.75 Å². The third-order valence-electron chi connectivity index (χ3n) is 3.57. The van der Waals surface area contributed by atoms with Crippen LogP contribution in [-0.2, 0) is 5.75 Å². The van der Waals surface area contributed by atoms with E-state index >= 15 is 0 Å². The first kappa shape index (κ1) is 13.2. The van der Waals surface area contributed by atoms with Crippen LogP contribution >= 0.6 is 23.1 Å². The average Bonchev–Trinajstić information content (AvgIpc) is 3.22. The van der Waals surface area contributed by atoms with Gasteiger partial charge >= 0.3 is 0 Å². The van der Waals surface area contributed by atoms with Crippen molar-refractivity contribution in [3.05, 3.63) is 41.7 Å². The number of aromatic nitrogens is 4. The summed E-state index contributed by atoms with van der Waals surface area (Å²) in [6.45, 7) is 1.05. The van der Waals surface area contributed by atoms with Crippen LogP contribution in [0.25, 0.3) is 4.96 Å². The van der Waals surface area contributed by atoms with Gasteiger partial charge in [-0.25, -0.2) is 0 Å². The van der Waals surface area contributed by atoms with Crippen LogP contribution in [0.5, 0.6) is 0 Å². The highest BCUT2D eigenvalue weighted by Gasteiger charge is 2.23. The topological polar surface area (TPSA) is 55.1 Å². The molecule has 1 aliphatic rings. The molecule has 3 heterocycles. The summed E-state index contributed by atoms with van der Waals surface area (Å²) in [6.07, 6.45) is 2.31. The minimum absolute atomic E-state index is 0.300. The first-order valence-electron chi connectivity index (χ1n) is 7.02. The van der Waals surface area contributed by atoms with Crippen molar-refractivity contribution < 1.29 is 0 Å². The summed E-state index contributed by atoms with van der Waals surface area (Å²) in [5, 5.41) is 16.7. The third-order valence-corrected chi connectivity index (χ3v) is 5.68. The van der Waals surface area contributed by atoms with Crippen LogP contribution in [-0.4, -0.2) is 26.4 Å². The summed E-state index contributed by atoms with van der Waals surface area (Å²) >= 11 is 3.36. The predicted molar refractivity (Wildman–Crippen MR) is 84.6 cm³/mol. The number of hydrogen-bond acceptors (Lipinski definition) is 6. The number of thioether (sulfide) groups is 1. The van der Waals surface area contributed by atoms with Crippen molar-refractivity contribution in [3.63, 3.8) is 0 Å². The fourth-order valence-electron chi connectivity index (χ4n) is 2.51. The standard InChI is InChI=1S/C14H15N5S2/c1-2-5-10(6-3-1)9-20-14-18-19-12(11-7-4-8-15-11)16-17-13(19)21-14/h1-3,5-6,11,15H,4,7-9H2. The summed E-state index contributed by atoms with van der Waals surface area (Å²) < 4.78 is 2.95. The first-order chi connectivity index (χ1) is 10.4. The zero-order chi connectivity index (χ0) is 14.1. The van der Waals surface area contributed by atoms with E-state index in [1.807, 2.05) is 10.6 Å². The zero-order valence-electron chi connectivity index (χ0n) is 11.4. The van der Waals surface area contributed by atoms with Crippen LogP contribution in [0.2, 0.25) is 0 Å². The summed E-state index contributed by atoms with van der Waals surface area (Å²) in [5.41, 5.74) is 1.31. The van der Waals surface area contributed by atoms with Crippen LogP contribution in [0, 0.1) is 0 Å². The lowest BCUT2D eigenvalue weighted by atomic mass is 10.2. The van der Waals surface area contributed by atoms with E-state index in [9.17, 15) is 0 Å². The largest absolute Gasteiger partial charge is 0.307 e. The maximum absolute atomic E-state index is 4.67. The van der Waals surface area contributed by atoms with Gasteiger partial charge in [-0.2, -0.15) is 4.52 Å². The molecule has 108 valence electrons. The van der Waals surface area contributed by atoms with Gasteiger partial charge in [-0.15, -0.1) is 15.3 Å².